The van der Waals surface area contributed by atoms with E-state index in [2.05, 4.69) is 6.92 Å². The second kappa shape index (κ2) is 10.8. The molecule has 140 valence electrons. The highest BCUT2D eigenvalue weighted by Crippen LogP contribution is 2.16. The van der Waals surface area contributed by atoms with Gasteiger partial charge in [0.2, 0.25) is 0 Å². The van der Waals surface area contributed by atoms with Gasteiger partial charge in [0.25, 0.3) is 10.1 Å². The van der Waals surface area contributed by atoms with Crippen molar-refractivity contribution in [1.29, 1.82) is 0 Å². The molecule has 7 nitrogen and oxygen atoms in total. The highest BCUT2D eigenvalue weighted by Gasteiger charge is 2.12. The van der Waals surface area contributed by atoms with Crippen molar-refractivity contribution in [3.05, 3.63) is 24.3 Å². The second-order valence-corrected chi connectivity index (χ2v) is 7.02. The highest BCUT2D eigenvalue weighted by molar-refractivity contribution is 7.85. The second-order valence-electron chi connectivity index (χ2n) is 5.60. The normalized spacial score (nSPS) is 11.1. The number of unbranched alkanes of at least 4 members (excludes halogenated alkanes) is 5. The van der Waals surface area contributed by atoms with E-state index in [0.29, 0.717) is 0 Å². The predicted octanol–water partition coefficient (Wildman–Crippen LogP) is 3.13. The molecule has 0 spiro atoms. The van der Waals surface area contributed by atoms with Crippen LogP contribution in [0.1, 0.15) is 51.9 Å². The Morgan fingerprint density at radius 1 is 0.960 bits per heavy atom. The number of benzene rings is 1. The first-order valence-electron chi connectivity index (χ1n) is 8.26. The highest BCUT2D eigenvalue weighted by atomic mass is 32.2. The van der Waals surface area contributed by atoms with E-state index in [0.717, 1.165) is 37.8 Å². The molecule has 0 aliphatic carbocycles. The van der Waals surface area contributed by atoms with Gasteiger partial charge in [0.05, 0.1) is 4.90 Å². The molecule has 1 aromatic carbocycles. The molecule has 25 heavy (non-hydrogen) atoms. The maximum Gasteiger partial charge on any atom is 0.349 e. The first-order valence-corrected chi connectivity index (χ1v) is 9.70. The number of ether oxygens (including phenoxy) is 2. The van der Waals surface area contributed by atoms with Gasteiger partial charge in [0.1, 0.15) is 5.75 Å². The fraction of sp³-hybridized carbons (Fsp3) is 0.529. The molecule has 0 aliphatic rings. The van der Waals surface area contributed by atoms with Gasteiger partial charge in [-0.25, -0.2) is 4.79 Å². The van der Waals surface area contributed by atoms with Gasteiger partial charge in [-0.15, -0.1) is 0 Å². The number of esters is 2. The first kappa shape index (κ1) is 21.1. The van der Waals surface area contributed by atoms with Crippen molar-refractivity contribution in [3.8, 4) is 5.75 Å². The molecule has 1 aromatic rings. The quantitative estimate of drug-likeness (QED) is 0.275. The summed E-state index contributed by atoms with van der Waals surface area (Å²) in [7, 11) is -4.30. The number of rotatable bonds is 11. The molecule has 0 aliphatic heterocycles. The summed E-state index contributed by atoms with van der Waals surface area (Å²) in [4.78, 5) is 22.8. The topological polar surface area (TPSA) is 107 Å². The summed E-state index contributed by atoms with van der Waals surface area (Å²) in [5, 5.41) is 0. The van der Waals surface area contributed by atoms with Gasteiger partial charge in [-0.1, -0.05) is 39.0 Å². The van der Waals surface area contributed by atoms with E-state index in [9.17, 15) is 18.0 Å². The van der Waals surface area contributed by atoms with Crippen molar-refractivity contribution >= 4 is 22.1 Å². The van der Waals surface area contributed by atoms with Crippen LogP contribution in [0.5, 0.6) is 5.75 Å². The molecule has 0 aromatic heterocycles. The van der Waals surface area contributed by atoms with E-state index < -0.39 is 28.7 Å². The zero-order chi connectivity index (χ0) is 18.7. The molecule has 1 rings (SSSR count). The first-order chi connectivity index (χ1) is 11.8. The molecule has 0 fully saturated rings. The maximum absolute atomic E-state index is 11.6. The molecular weight excluding hydrogens is 348 g/mol. The Morgan fingerprint density at radius 3 is 2.16 bits per heavy atom. The van der Waals surface area contributed by atoms with Crippen LogP contribution in [0.2, 0.25) is 0 Å². The van der Waals surface area contributed by atoms with Crippen LogP contribution in [0.25, 0.3) is 0 Å². The number of hydrogen-bond donors (Lipinski definition) is 1. The largest absolute Gasteiger partial charge is 0.454 e. The van der Waals surface area contributed by atoms with Crippen LogP contribution >= 0.6 is 0 Å². The van der Waals surface area contributed by atoms with Gasteiger partial charge in [0.15, 0.2) is 6.61 Å². The number of carbonyl (C=O) groups is 2. The third kappa shape index (κ3) is 9.21. The molecule has 0 saturated heterocycles. The van der Waals surface area contributed by atoms with Gasteiger partial charge in [-0.3, -0.25) is 9.35 Å². The van der Waals surface area contributed by atoms with Crippen LogP contribution in [0.15, 0.2) is 29.2 Å². The van der Waals surface area contributed by atoms with Gasteiger partial charge in [-0.05, 0) is 30.7 Å². The van der Waals surface area contributed by atoms with Gasteiger partial charge in [-0.2, -0.15) is 8.42 Å². The summed E-state index contributed by atoms with van der Waals surface area (Å²) in [5.41, 5.74) is 0. The summed E-state index contributed by atoms with van der Waals surface area (Å²) in [6, 6.07) is 4.64. The van der Waals surface area contributed by atoms with Crippen molar-refractivity contribution in [1.82, 2.24) is 0 Å². The minimum Gasteiger partial charge on any atom is -0.454 e. The predicted molar refractivity (Wildman–Crippen MR) is 90.8 cm³/mol. The monoisotopic (exact) mass is 372 g/mol. The molecule has 0 amide bonds. The van der Waals surface area contributed by atoms with Crippen LogP contribution in [0, 0.1) is 0 Å². The molecule has 0 bridgehead atoms. The van der Waals surface area contributed by atoms with Gasteiger partial charge >= 0.3 is 11.9 Å². The van der Waals surface area contributed by atoms with Crippen LogP contribution in [-0.4, -0.2) is 31.5 Å². The summed E-state index contributed by atoms with van der Waals surface area (Å²) in [5.74, 6) is -1.13. The molecule has 0 radical (unpaired) electrons. The van der Waals surface area contributed by atoms with Crippen molar-refractivity contribution in [2.75, 3.05) is 6.61 Å². The SMILES string of the molecule is CCCCCCCCC(=O)OCC(=O)Oc1ccc(S(=O)(=O)O)cc1. The van der Waals surface area contributed by atoms with Crippen LogP contribution in [0.3, 0.4) is 0 Å². The summed E-state index contributed by atoms with van der Waals surface area (Å²) in [6.07, 6.45) is 6.57. The number of hydrogen-bond acceptors (Lipinski definition) is 6. The Morgan fingerprint density at radius 2 is 1.56 bits per heavy atom. The van der Waals surface area contributed by atoms with Crippen LogP contribution in [0.4, 0.5) is 0 Å². The zero-order valence-electron chi connectivity index (χ0n) is 14.3. The minimum atomic E-state index is -4.30. The lowest BCUT2D eigenvalue weighted by atomic mass is 10.1. The summed E-state index contributed by atoms with van der Waals surface area (Å²) >= 11 is 0. The number of carbonyl (C=O) groups excluding carboxylic acids is 2. The molecule has 0 unspecified atom stereocenters. The Labute approximate surface area is 148 Å². The van der Waals surface area contributed by atoms with Crippen molar-refractivity contribution in [2.24, 2.45) is 0 Å². The van der Waals surface area contributed by atoms with E-state index in [1.165, 1.54) is 25.0 Å². The third-order valence-electron chi connectivity index (χ3n) is 3.44. The fourth-order valence-corrected chi connectivity index (χ4v) is 2.58. The molecule has 1 N–H and O–H groups in total. The Balaban J connectivity index is 2.25. The lowest BCUT2D eigenvalue weighted by Gasteiger charge is -2.06. The Bertz CT molecular complexity index is 650. The van der Waals surface area contributed by atoms with Crippen LogP contribution < -0.4 is 4.74 Å². The van der Waals surface area contributed by atoms with Gasteiger partial charge < -0.3 is 9.47 Å². The average molecular weight is 372 g/mol. The smallest absolute Gasteiger partial charge is 0.349 e. The molecule has 8 heteroatoms. The fourth-order valence-electron chi connectivity index (χ4n) is 2.10. The molecule has 0 heterocycles. The molecular formula is C17H24O7S. The summed E-state index contributed by atoms with van der Waals surface area (Å²) in [6.45, 7) is 1.63. The minimum absolute atomic E-state index is 0.0874. The Kier molecular flexibility index (Phi) is 9.15. The van der Waals surface area contributed by atoms with Crippen molar-refractivity contribution in [2.45, 2.75) is 56.8 Å². The van der Waals surface area contributed by atoms with Crippen LogP contribution in [-0.2, 0) is 24.4 Å². The average Bonchev–Trinajstić information content (AvgIpc) is 2.56. The Hall–Kier alpha value is -1.93. The summed E-state index contributed by atoms with van der Waals surface area (Å²) < 4.78 is 40.4. The third-order valence-corrected chi connectivity index (χ3v) is 4.31. The van der Waals surface area contributed by atoms with Gasteiger partial charge in [0, 0.05) is 6.42 Å². The maximum atomic E-state index is 11.6. The zero-order valence-corrected chi connectivity index (χ0v) is 15.1. The lowest BCUT2D eigenvalue weighted by molar-refractivity contribution is -0.153. The lowest BCUT2D eigenvalue weighted by Crippen LogP contribution is -2.18. The van der Waals surface area contributed by atoms with E-state index in [-0.39, 0.29) is 17.1 Å². The van der Waals surface area contributed by atoms with Crippen molar-refractivity contribution in [3.63, 3.8) is 0 Å². The van der Waals surface area contributed by atoms with E-state index >= 15 is 0 Å². The standard InChI is InChI=1S/C17H24O7S/c1-2-3-4-5-6-7-8-16(18)23-13-17(19)24-14-9-11-15(12-10-14)25(20,21)22/h9-12H,2-8,13H2,1H3,(H,20,21,22). The van der Waals surface area contributed by atoms with E-state index in [4.69, 9.17) is 14.0 Å². The molecule has 0 atom stereocenters. The molecule has 0 saturated carbocycles. The van der Waals surface area contributed by atoms with E-state index in [1.807, 2.05) is 0 Å². The van der Waals surface area contributed by atoms with E-state index in [1.54, 1.807) is 0 Å². The van der Waals surface area contributed by atoms with Crippen molar-refractivity contribution < 1.29 is 32.0 Å².